The fourth-order valence-electron chi connectivity index (χ4n) is 3.74. The Morgan fingerprint density at radius 1 is 0.667 bits per heavy atom. The molecule has 0 radical (unpaired) electrons. The van der Waals surface area contributed by atoms with Crippen LogP contribution in [0.2, 0.25) is 0 Å². The highest BCUT2D eigenvalue weighted by molar-refractivity contribution is 5.84. The lowest BCUT2D eigenvalue weighted by molar-refractivity contribution is -0.151. The first kappa shape index (κ1) is 28.4. The molecule has 0 aromatic rings. The van der Waals surface area contributed by atoms with E-state index in [4.69, 9.17) is 5.11 Å². The third-order valence-corrected chi connectivity index (χ3v) is 5.61. The smallest absolute Gasteiger partial charge is 0.326 e. The van der Waals surface area contributed by atoms with E-state index >= 15 is 0 Å². The molecule has 2 N–H and O–H groups in total. The fraction of sp³-hybridized carbons (Fsp3) is 0.875. The van der Waals surface area contributed by atoms with E-state index in [1.54, 1.807) is 0 Å². The number of carbonyl (C=O) groups excluding carboxylic acids is 1. The molecule has 0 aliphatic rings. The van der Waals surface area contributed by atoms with E-state index in [9.17, 15) is 19.5 Å². The van der Waals surface area contributed by atoms with E-state index in [1.807, 2.05) is 0 Å². The summed E-state index contributed by atoms with van der Waals surface area (Å²) >= 11 is 0. The van der Waals surface area contributed by atoms with Crippen molar-refractivity contribution in [2.24, 2.45) is 0 Å². The molecule has 0 saturated carbocycles. The molecule has 0 spiro atoms. The normalized spacial score (nSPS) is 11.9. The molecular weight excluding hydrogens is 382 g/mol. The van der Waals surface area contributed by atoms with Crippen molar-refractivity contribution in [1.29, 1.82) is 0 Å². The summed E-state index contributed by atoms with van der Waals surface area (Å²) in [5.74, 6) is -2.30. The summed E-state index contributed by atoms with van der Waals surface area (Å²) in [6.07, 6.45) is 15.9. The zero-order chi connectivity index (χ0) is 22.6. The number of carboxylic acid groups (broad SMARTS) is 2. The summed E-state index contributed by atoms with van der Waals surface area (Å²) in [5.41, 5.74) is 0. The summed E-state index contributed by atoms with van der Waals surface area (Å²) in [6.45, 7) is 4.67. The summed E-state index contributed by atoms with van der Waals surface area (Å²) in [6, 6.07) is -1.04. The molecule has 6 nitrogen and oxygen atoms in total. The summed E-state index contributed by atoms with van der Waals surface area (Å²) in [4.78, 5) is 36.6. The number of aliphatic carboxylic acids is 2. The molecule has 0 aromatic heterocycles. The van der Waals surface area contributed by atoms with E-state index < -0.39 is 18.0 Å². The Labute approximate surface area is 183 Å². The third kappa shape index (κ3) is 15.3. The number of unbranched alkanes of at least 4 members (excludes halogenated alkanes) is 12. The van der Waals surface area contributed by atoms with Crippen LogP contribution in [0.15, 0.2) is 0 Å². The molecule has 6 heteroatoms. The standard InChI is InChI=1S/C24H45NO5/c1-3-5-7-8-9-10-11-12-13-14-15-17-22(26)25(20-16-6-4-2)21(24(29)30)18-19-23(27)28/h21H,3-20H2,1-2H3,(H,27,28)(H,29,30)/t21-/m0/s1. The van der Waals surface area contributed by atoms with E-state index in [0.717, 1.165) is 38.5 Å². The van der Waals surface area contributed by atoms with Crippen molar-refractivity contribution in [3.8, 4) is 0 Å². The molecule has 0 fully saturated rings. The van der Waals surface area contributed by atoms with Crippen LogP contribution in [0.3, 0.4) is 0 Å². The van der Waals surface area contributed by atoms with Crippen LogP contribution in [-0.2, 0) is 14.4 Å². The quantitative estimate of drug-likeness (QED) is 0.218. The third-order valence-electron chi connectivity index (χ3n) is 5.61. The molecule has 0 unspecified atom stereocenters. The molecule has 0 aliphatic heterocycles. The van der Waals surface area contributed by atoms with Crippen LogP contribution in [0.5, 0.6) is 0 Å². The average molecular weight is 428 g/mol. The van der Waals surface area contributed by atoms with Gasteiger partial charge in [-0.25, -0.2) is 4.79 Å². The minimum Gasteiger partial charge on any atom is -0.481 e. The van der Waals surface area contributed by atoms with Crippen LogP contribution in [0, 0.1) is 0 Å². The molecule has 1 atom stereocenters. The van der Waals surface area contributed by atoms with Crippen LogP contribution in [-0.4, -0.2) is 45.5 Å². The minimum atomic E-state index is -1.11. The van der Waals surface area contributed by atoms with Gasteiger partial charge in [-0.3, -0.25) is 9.59 Å². The van der Waals surface area contributed by atoms with E-state index in [1.165, 1.54) is 56.3 Å². The van der Waals surface area contributed by atoms with Crippen molar-refractivity contribution in [2.45, 2.75) is 129 Å². The maximum absolute atomic E-state index is 12.7. The van der Waals surface area contributed by atoms with Gasteiger partial charge in [0.25, 0.3) is 0 Å². The van der Waals surface area contributed by atoms with Gasteiger partial charge in [0, 0.05) is 19.4 Å². The Balaban J connectivity index is 4.27. The number of nitrogens with zero attached hydrogens (tertiary/aromatic N) is 1. The van der Waals surface area contributed by atoms with Crippen molar-refractivity contribution in [3.63, 3.8) is 0 Å². The molecular formula is C24H45NO5. The van der Waals surface area contributed by atoms with Crippen molar-refractivity contribution in [3.05, 3.63) is 0 Å². The first-order valence-electron chi connectivity index (χ1n) is 12.2. The molecule has 0 saturated heterocycles. The predicted molar refractivity (Wildman–Crippen MR) is 121 cm³/mol. The number of carboxylic acids is 2. The molecule has 0 bridgehead atoms. The Morgan fingerprint density at radius 3 is 1.60 bits per heavy atom. The van der Waals surface area contributed by atoms with E-state index in [0.29, 0.717) is 13.0 Å². The molecule has 1 amide bonds. The van der Waals surface area contributed by atoms with Crippen molar-refractivity contribution >= 4 is 17.8 Å². The number of hydrogen-bond acceptors (Lipinski definition) is 3. The Bertz CT molecular complexity index is 467. The van der Waals surface area contributed by atoms with Crippen molar-refractivity contribution in [1.82, 2.24) is 4.90 Å². The zero-order valence-corrected chi connectivity index (χ0v) is 19.4. The van der Waals surface area contributed by atoms with Gasteiger partial charge in [-0.1, -0.05) is 90.9 Å². The van der Waals surface area contributed by atoms with Crippen molar-refractivity contribution in [2.75, 3.05) is 6.54 Å². The maximum Gasteiger partial charge on any atom is 0.326 e. The molecule has 0 aromatic carbocycles. The molecule has 0 aliphatic carbocycles. The fourth-order valence-corrected chi connectivity index (χ4v) is 3.74. The monoisotopic (exact) mass is 427 g/mol. The number of carbonyl (C=O) groups is 3. The van der Waals surface area contributed by atoms with Crippen molar-refractivity contribution < 1.29 is 24.6 Å². The lowest BCUT2D eigenvalue weighted by atomic mass is 10.0. The molecule has 30 heavy (non-hydrogen) atoms. The maximum atomic E-state index is 12.7. The van der Waals surface area contributed by atoms with Gasteiger partial charge in [0.2, 0.25) is 5.91 Å². The second-order valence-corrected chi connectivity index (χ2v) is 8.37. The highest BCUT2D eigenvalue weighted by Gasteiger charge is 2.29. The van der Waals surface area contributed by atoms with Crippen LogP contribution in [0.1, 0.15) is 123 Å². The van der Waals surface area contributed by atoms with Crippen LogP contribution in [0.25, 0.3) is 0 Å². The Kier molecular flexibility index (Phi) is 18.4. The second kappa shape index (κ2) is 19.4. The summed E-state index contributed by atoms with van der Waals surface area (Å²) < 4.78 is 0. The first-order chi connectivity index (χ1) is 14.4. The van der Waals surface area contributed by atoms with Gasteiger partial charge in [0.1, 0.15) is 6.04 Å². The van der Waals surface area contributed by atoms with Gasteiger partial charge in [0.15, 0.2) is 0 Å². The van der Waals surface area contributed by atoms with Crippen LogP contribution >= 0.6 is 0 Å². The van der Waals surface area contributed by atoms with Gasteiger partial charge in [-0.2, -0.15) is 0 Å². The van der Waals surface area contributed by atoms with Crippen LogP contribution in [0.4, 0.5) is 0 Å². The van der Waals surface area contributed by atoms with E-state index in [2.05, 4.69) is 13.8 Å². The first-order valence-corrected chi connectivity index (χ1v) is 12.2. The summed E-state index contributed by atoms with van der Waals surface area (Å²) in [5, 5.41) is 18.4. The minimum absolute atomic E-state index is 0.0409. The SMILES string of the molecule is CCCCCCCCCCCCCC(=O)N(CCCCC)[C@@H](CCC(=O)O)C(=O)O. The van der Waals surface area contributed by atoms with Gasteiger partial charge >= 0.3 is 11.9 Å². The molecule has 176 valence electrons. The number of rotatable bonds is 21. The average Bonchev–Trinajstić information content (AvgIpc) is 2.70. The van der Waals surface area contributed by atoms with Crippen LogP contribution < -0.4 is 0 Å². The molecule has 0 heterocycles. The van der Waals surface area contributed by atoms with Gasteiger partial charge < -0.3 is 15.1 Å². The molecule has 0 rings (SSSR count). The number of hydrogen-bond donors (Lipinski definition) is 2. The number of amides is 1. The predicted octanol–water partition coefficient (Wildman–Crippen LogP) is 6.02. The highest BCUT2D eigenvalue weighted by atomic mass is 16.4. The van der Waals surface area contributed by atoms with E-state index in [-0.39, 0.29) is 18.7 Å². The van der Waals surface area contributed by atoms with Gasteiger partial charge in [-0.15, -0.1) is 0 Å². The topological polar surface area (TPSA) is 94.9 Å². The highest BCUT2D eigenvalue weighted by Crippen LogP contribution is 2.16. The Hall–Kier alpha value is -1.59. The lowest BCUT2D eigenvalue weighted by Gasteiger charge is -2.29. The van der Waals surface area contributed by atoms with Gasteiger partial charge in [-0.05, 0) is 19.3 Å². The summed E-state index contributed by atoms with van der Waals surface area (Å²) in [7, 11) is 0. The van der Waals surface area contributed by atoms with Gasteiger partial charge in [0.05, 0.1) is 0 Å². The lowest BCUT2D eigenvalue weighted by Crippen LogP contribution is -2.45. The second-order valence-electron chi connectivity index (χ2n) is 8.37. The largest absolute Gasteiger partial charge is 0.481 e. The Morgan fingerprint density at radius 2 is 1.13 bits per heavy atom. The zero-order valence-electron chi connectivity index (χ0n) is 19.4.